The minimum Gasteiger partial charge on any atom is -0.497 e. The van der Waals surface area contributed by atoms with Crippen molar-refractivity contribution >= 4 is 15.9 Å². The number of aryl methyl sites for hydroxylation is 1. The molecule has 0 aliphatic carbocycles. The summed E-state index contributed by atoms with van der Waals surface area (Å²) in [6.45, 7) is 4.27. The molecule has 0 spiro atoms. The molecule has 7 nitrogen and oxygen atoms in total. The molecular weight excluding hydrogens is 438 g/mol. The van der Waals surface area contributed by atoms with Gasteiger partial charge in [-0.25, -0.2) is 12.7 Å². The number of hydrogen-bond acceptors (Lipinski definition) is 5. The highest BCUT2D eigenvalue weighted by molar-refractivity contribution is 7.89. The molecule has 0 fully saturated rings. The number of rotatable bonds is 9. The highest BCUT2D eigenvalue weighted by Gasteiger charge is 2.24. The van der Waals surface area contributed by atoms with Gasteiger partial charge in [0.25, 0.3) is 0 Å². The molecule has 3 rings (SSSR count). The van der Waals surface area contributed by atoms with Crippen LogP contribution >= 0.6 is 0 Å². The Balaban J connectivity index is 1.54. The number of amides is 1. The fourth-order valence-electron chi connectivity index (χ4n) is 4.22. The lowest BCUT2D eigenvalue weighted by Gasteiger charge is -2.30. The van der Waals surface area contributed by atoms with Crippen molar-refractivity contribution in [1.82, 2.24) is 14.1 Å². The Morgan fingerprint density at radius 2 is 1.85 bits per heavy atom. The fourth-order valence-corrected chi connectivity index (χ4v) is 5.63. The molecule has 1 amide bonds. The van der Waals surface area contributed by atoms with Crippen molar-refractivity contribution in [2.45, 2.75) is 44.2 Å². The summed E-state index contributed by atoms with van der Waals surface area (Å²) in [5.41, 5.74) is 4.44. The normalized spacial score (nSPS) is 14.0. The van der Waals surface area contributed by atoms with Crippen molar-refractivity contribution in [2.24, 2.45) is 0 Å². The maximum absolute atomic E-state index is 12.9. The van der Waals surface area contributed by atoms with E-state index >= 15 is 0 Å². The molecule has 1 aliphatic heterocycles. The van der Waals surface area contributed by atoms with Crippen LogP contribution in [0.1, 0.15) is 35.1 Å². The molecule has 33 heavy (non-hydrogen) atoms. The van der Waals surface area contributed by atoms with Crippen molar-refractivity contribution in [1.29, 1.82) is 0 Å². The van der Waals surface area contributed by atoms with Crippen molar-refractivity contribution in [3.63, 3.8) is 0 Å². The van der Waals surface area contributed by atoms with Crippen LogP contribution in [0.2, 0.25) is 0 Å². The largest absolute Gasteiger partial charge is 0.497 e. The molecule has 180 valence electrons. The summed E-state index contributed by atoms with van der Waals surface area (Å²) in [7, 11) is 3.60. The zero-order chi connectivity index (χ0) is 24.2. The van der Waals surface area contributed by atoms with Crippen LogP contribution in [0.25, 0.3) is 0 Å². The number of nitrogens with zero attached hydrogens (tertiary/aromatic N) is 3. The lowest BCUT2D eigenvalue weighted by molar-refractivity contribution is -0.132. The first-order chi connectivity index (χ1) is 15.6. The van der Waals surface area contributed by atoms with Crippen LogP contribution in [0.15, 0.2) is 41.3 Å². The van der Waals surface area contributed by atoms with Gasteiger partial charge in [-0.05, 0) is 74.3 Å². The number of hydrogen-bond donors (Lipinski definition) is 0. The summed E-state index contributed by atoms with van der Waals surface area (Å²) in [5, 5.41) is 0. The first kappa shape index (κ1) is 25.2. The van der Waals surface area contributed by atoms with Crippen LogP contribution in [0.4, 0.5) is 0 Å². The van der Waals surface area contributed by atoms with E-state index in [1.54, 1.807) is 39.3 Å². The molecule has 0 bridgehead atoms. The molecule has 2 aromatic rings. The fraction of sp³-hybridized carbons (Fsp3) is 0.480. The minimum absolute atomic E-state index is 0.0736. The first-order valence-electron chi connectivity index (χ1n) is 11.3. The molecule has 0 saturated carbocycles. The van der Waals surface area contributed by atoms with Gasteiger partial charge in [0.1, 0.15) is 5.75 Å². The summed E-state index contributed by atoms with van der Waals surface area (Å²) in [4.78, 5) is 17.1. The van der Waals surface area contributed by atoms with Gasteiger partial charge < -0.3 is 14.5 Å². The Morgan fingerprint density at radius 1 is 1.09 bits per heavy atom. The van der Waals surface area contributed by atoms with Gasteiger partial charge in [-0.2, -0.15) is 0 Å². The van der Waals surface area contributed by atoms with Crippen molar-refractivity contribution in [2.75, 3.05) is 41.3 Å². The molecule has 0 atom stereocenters. The van der Waals surface area contributed by atoms with Crippen LogP contribution in [-0.2, 0) is 34.3 Å². The van der Waals surface area contributed by atoms with E-state index in [4.69, 9.17) is 4.74 Å². The molecule has 0 aromatic heterocycles. The smallest absolute Gasteiger partial charge is 0.243 e. The molecule has 1 heterocycles. The molecule has 8 heteroatoms. The number of ether oxygens (including phenoxy) is 1. The summed E-state index contributed by atoms with van der Waals surface area (Å²) in [6, 6.07) is 11.4. The quantitative estimate of drug-likeness (QED) is 0.560. The molecule has 0 saturated heterocycles. The number of sulfonamides is 1. The van der Waals surface area contributed by atoms with E-state index in [2.05, 4.69) is 37.2 Å². The Morgan fingerprint density at radius 3 is 2.52 bits per heavy atom. The average molecular weight is 474 g/mol. The number of methoxy groups -OCH3 is 1. The Kier molecular flexibility index (Phi) is 8.15. The highest BCUT2D eigenvalue weighted by atomic mass is 32.2. The lowest BCUT2D eigenvalue weighted by Crippen LogP contribution is -2.36. The molecular formula is C25H35N3O4S. The zero-order valence-electron chi connectivity index (χ0n) is 20.3. The van der Waals surface area contributed by atoms with E-state index < -0.39 is 10.0 Å². The van der Waals surface area contributed by atoms with Gasteiger partial charge in [-0.15, -0.1) is 0 Å². The highest BCUT2D eigenvalue weighted by Crippen LogP contribution is 2.24. The van der Waals surface area contributed by atoms with E-state index in [1.165, 1.54) is 21.0 Å². The van der Waals surface area contributed by atoms with Gasteiger partial charge >= 0.3 is 0 Å². The maximum atomic E-state index is 12.9. The second-order valence-electron chi connectivity index (χ2n) is 8.97. The summed E-state index contributed by atoms with van der Waals surface area (Å²) in [5.74, 6) is 0.696. The van der Waals surface area contributed by atoms with E-state index in [0.29, 0.717) is 37.2 Å². The van der Waals surface area contributed by atoms with Gasteiger partial charge in [-0.1, -0.05) is 18.2 Å². The summed E-state index contributed by atoms with van der Waals surface area (Å²) >= 11 is 0. The molecule has 1 aliphatic rings. The van der Waals surface area contributed by atoms with Crippen LogP contribution in [0, 0.1) is 6.92 Å². The second-order valence-corrected chi connectivity index (χ2v) is 11.0. The molecule has 0 N–H and O–H groups in total. The van der Waals surface area contributed by atoms with E-state index in [9.17, 15) is 13.2 Å². The Bertz CT molecular complexity index is 1100. The third-order valence-electron chi connectivity index (χ3n) is 6.07. The van der Waals surface area contributed by atoms with E-state index in [0.717, 1.165) is 13.0 Å². The molecule has 0 unspecified atom stereocenters. The monoisotopic (exact) mass is 473 g/mol. The SMILES string of the molecule is COc1ccc(S(=O)(=O)N(C)CCCC(=O)N2CCc3cc(CN(C)C)ccc3C2)c(C)c1. The van der Waals surface area contributed by atoms with Crippen molar-refractivity contribution < 1.29 is 17.9 Å². The summed E-state index contributed by atoms with van der Waals surface area (Å²) in [6.07, 6.45) is 1.66. The molecule has 2 aromatic carbocycles. The maximum Gasteiger partial charge on any atom is 0.243 e. The summed E-state index contributed by atoms with van der Waals surface area (Å²) < 4.78 is 32.4. The van der Waals surface area contributed by atoms with E-state index in [1.807, 2.05) is 4.90 Å². The van der Waals surface area contributed by atoms with E-state index in [-0.39, 0.29) is 17.3 Å². The Hall–Kier alpha value is -2.42. The Labute approximate surface area is 198 Å². The van der Waals surface area contributed by atoms with Crippen molar-refractivity contribution in [3.8, 4) is 5.75 Å². The predicted octanol–water partition coefficient (Wildman–Crippen LogP) is 3.05. The van der Waals surface area contributed by atoms with Gasteiger partial charge in [0.05, 0.1) is 12.0 Å². The number of carbonyl (C=O) groups excluding carboxylic acids is 1. The predicted molar refractivity (Wildman–Crippen MR) is 130 cm³/mol. The second kappa shape index (κ2) is 10.7. The zero-order valence-corrected chi connectivity index (χ0v) is 21.1. The van der Waals surface area contributed by atoms with Gasteiger partial charge in [-0.3, -0.25) is 4.79 Å². The average Bonchev–Trinajstić information content (AvgIpc) is 2.77. The van der Waals surface area contributed by atoms with Gasteiger partial charge in [0.2, 0.25) is 15.9 Å². The number of benzene rings is 2. The standard InChI is InChI=1S/C25H35N3O4S/c1-19-15-23(32-5)10-11-24(19)33(30,31)27(4)13-6-7-25(29)28-14-12-21-16-20(17-26(2)3)8-9-22(21)18-28/h8-11,15-16H,6-7,12-14,17-18H2,1-5H3. The van der Waals surface area contributed by atoms with Crippen LogP contribution < -0.4 is 4.74 Å². The van der Waals surface area contributed by atoms with Gasteiger partial charge in [0, 0.05) is 39.6 Å². The topological polar surface area (TPSA) is 70.2 Å². The van der Waals surface area contributed by atoms with Crippen molar-refractivity contribution in [3.05, 3.63) is 58.7 Å². The first-order valence-corrected chi connectivity index (χ1v) is 12.7. The number of fused-ring (bicyclic) bond motifs is 1. The number of carbonyl (C=O) groups is 1. The van der Waals surface area contributed by atoms with Crippen LogP contribution in [0.5, 0.6) is 5.75 Å². The lowest BCUT2D eigenvalue weighted by atomic mass is 9.97. The minimum atomic E-state index is -3.62. The third kappa shape index (κ3) is 6.13. The molecule has 0 radical (unpaired) electrons. The van der Waals surface area contributed by atoms with Gasteiger partial charge in [0.15, 0.2) is 0 Å². The van der Waals surface area contributed by atoms with Crippen LogP contribution in [-0.4, -0.2) is 69.8 Å². The third-order valence-corrected chi connectivity index (χ3v) is 8.09. The van der Waals surface area contributed by atoms with Crippen LogP contribution in [0.3, 0.4) is 0 Å².